The van der Waals surface area contributed by atoms with Gasteiger partial charge in [-0.1, -0.05) is 17.9 Å². The van der Waals surface area contributed by atoms with E-state index in [2.05, 4.69) is 24.0 Å². The Morgan fingerprint density at radius 1 is 1.46 bits per heavy atom. The molecule has 0 radical (unpaired) electrons. The van der Waals surface area contributed by atoms with E-state index >= 15 is 0 Å². The number of hydrogen-bond donors (Lipinski definition) is 1. The summed E-state index contributed by atoms with van der Waals surface area (Å²) in [5.41, 5.74) is 1.01. The standard InChI is InChI=1S/C11H12OS/c1-13-11-7-4-6-10(9-11)5-2-3-8-12/h4,6-7,9,12H,3,8H2,1H3. The van der Waals surface area contributed by atoms with Gasteiger partial charge in [0.25, 0.3) is 0 Å². The molecule has 0 bridgehead atoms. The lowest BCUT2D eigenvalue weighted by Crippen LogP contribution is -1.78. The van der Waals surface area contributed by atoms with Gasteiger partial charge in [-0.2, -0.15) is 0 Å². The minimum atomic E-state index is 0.134. The molecule has 68 valence electrons. The van der Waals surface area contributed by atoms with E-state index in [1.54, 1.807) is 11.8 Å². The molecule has 2 heteroatoms. The highest BCUT2D eigenvalue weighted by molar-refractivity contribution is 7.98. The smallest absolute Gasteiger partial charge is 0.0540 e. The van der Waals surface area contributed by atoms with Gasteiger partial charge in [-0.3, -0.25) is 0 Å². The number of aliphatic hydroxyl groups excluding tert-OH is 1. The highest BCUT2D eigenvalue weighted by Gasteiger charge is 1.89. The zero-order chi connectivity index (χ0) is 9.52. The van der Waals surface area contributed by atoms with Crippen LogP contribution >= 0.6 is 11.8 Å². The van der Waals surface area contributed by atoms with E-state index in [9.17, 15) is 0 Å². The quantitative estimate of drug-likeness (QED) is 0.572. The van der Waals surface area contributed by atoms with Crippen molar-refractivity contribution in [3.63, 3.8) is 0 Å². The molecule has 1 N–H and O–H groups in total. The third-order valence-electron chi connectivity index (χ3n) is 1.54. The van der Waals surface area contributed by atoms with Crippen molar-refractivity contribution in [2.45, 2.75) is 11.3 Å². The first-order valence-corrected chi connectivity index (χ1v) is 5.33. The highest BCUT2D eigenvalue weighted by Crippen LogP contribution is 2.14. The Morgan fingerprint density at radius 3 is 3.00 bits per heavy atom. The summed E-state index contributed by atoms with van der Waals surface area (Å²) in [5.74, 6) is 5.89. The third-order valence-corrected chi connectivity index (χ3v) is 2.26. The second kappa shape index (κ2) is 5.69. The lowest BCUT2D eigenvalue weighted by Gasteiger charge is -1.95. The molecule has 0 heterocycles. The number of benzene rings is 1. The van der Waals surface area contributed by atoms with Gasteiger partial charge in [0.05, 0.1) is 6.61 Å². The molecule has 0 atom stereocenters. The van der Waals surface area contributed by atoms with Crippen molar-refractivity contribution < 1.29 is 5.11 Å². The van der Waals surface area contributed by atoms with Crippen LogP contribution in [0.25, 0.3) is 0 Å². The fourth-order valence-corrected chi connectivity index (χ4v) is 1.38. The van der Waals surface area contributed by atoms with E-state index in [1.807, 2.05) is 18.4 Å². The van der Waals surface area contributed by atoms with Crippen LogP contribution in [0.1, 0.15) is 12.0 Å². The van der Waals surface area contributed by atoms with Crippen molar-refractivity contribution in [1.29, 1.82) is 0 Å². The average molecular weight is 192 g/mol. The first-order valence-electron chi connectivity index (χ1n) is 4.10. The van der Waals surface area contributed by atoms with Gasteiger partial charge in [0.2, 0.25) is 0 Å². The van der Waals surface area contributed by atoms with Gasteiger partial charge in [-0.15, -0.1) is 11.8 Å². The van der Waals surface area contributed by atoms with Crippen LogP contribution in [0.5, 0.6) is 0 Å². The van der Waals surface area contributed by atoms with E-state index in [0.717, 1.165) is 5.56 Å². The normalized spacial score (nSPS) is 9.08. The number of aliphatic hydroxyl groups is 1. The average Bonchev–Trinajstić information content (AvgIpc) is 2.19. The predicted octanol–water partition coefficient (Wildman–Crippen LogP) is 2.14. The third kappa shape index (κ3) is 3.54. The fourth-order valence-electron chi connectivity index (χ4n) is 0.921. The zero-order valence-corrected chi connectivity index (χ0v) is 8.40. The molecule has 0 aromatic heterocycles. The van der Waals surface area contributed by atoms with E-state index < -0.39 is 0 Å². The van der Waals surface area contributed by atoms with Crippen LogP contribution < -0.4 is 0 Å². The Kier molecular flexibility index (Phi) is 4.45. The van der Waals surface area contributed by atoms with Gasteiger partial charge in [-0.05, 0) is 24.5 Å². The van der Waals surface area contributed by atoms with Crippen LogP contribution in [0, 0.1) is 11.8 Å². The van der Waals surface area contributed by atoms with Crippen LogP contribution in [0.3, 0.4) is 0 Å². The summed E-state index contributed by atoms with van der Waals surface area (Å²) in [6, 6.07) is 8.08. The molecule has 0 aliphatic heterocycles. The molecule has 0 spiro atoms. The lowest BCUT2D eigenvalue weighted by atomic mass is 10.2. The number of thioether (sulfide) groups is 1. The molecule has 1 nitrogen and oxygen atoms in total. The molecule has 0 aliphatic carbocycles. The zero-order valence-electron chi connectivity index (χ0n) is 7.58. The minimum absolute atomic E-state index is 0.134. The van der Waals surface area contributed by atoms with E-state index in [1.165, 1.54) is 4.90 Å². The maximum Gasteiger partial charge on any atom is 0.0540 e. The molecule has 0 fully saturated rings. The first kappa shape index (κ1) is 10.2. The second-order valence-corrected chi connectivity index (χ2v) is 3.39. The molecule has 0 unspecified atom stereocenters. The summed E-state index contributed by atoms with van der Waals surface area (Å²) in [6.07, 6.45) is 2.59. The van der Waals surface area contributed by atoms with Crippen molar-refractivity contribution in [1.82, 2.24) is 0 Å². The molecule has 1 aromatic rings. The lowest BCUT2D eigenvalue weighted by molar-refractivity contribution is 0.305. The number of hydrogen-bond acceptors (Lipinski definition) is 2. The molecular formula is C11H12OS. The summed E-state index contributed by atoms with van der Waals surface area (Å²) in [6.45, 7) is 0.134. The second-order valence-electron chi connectivity index (χ2n) is 2.51. The van der Waals surface area contributed by atoms with E-state index in [0.29, 0.717) is 6.42 Å². The molecule has 13 heavy (non-hydrogen) atoms. The van der Waals surface area contributed by atoms with Gasteiger partial charge < -0.3 is 5.11 Å². The summed E-state index contributed by atoms with van der Waals surface area (Å²) >= 11 is 1.71. The van der Waals surface area contributed by atoms with Crippen molar-refractivity contribution >= 4 is 11.8 Å². The van der Waals surface area contributed by atoms with Crippen LogP contribution in [-0.4, -0.2) is 18.0 Å². The topological polar surface area (TPSA) is 20.2 Å². The summed E-state index contributed by atoms with van der Waals surface area (Å²) in [5, 5.41) is 8.54. The van der Waals surface area contributed by atoms with Crippen LogP contribution in [0.2, 0.25) is 0 Å². The van der Waals surface area contributed by atoms with Gasteiger partial charge in [0.1, 0.15) is 0 Å². The summed E-state index contributed by atoms with van der Waals surface area (Å²) < 4.78 is 0. The van der Waals surface area contributed by atoms with Crippen LogP contribution in [0.15, 0.2) is 29.2 Å². The van der Waals surface area contributed by atoms with Crippen molar-refractivity contribution in [3.8, 4) is 11.8 Å². The molecule has 0 amide bonds. The Balaban J connectivity index is 2.73. The summed E-state index contributed by atoms with van der Waals surface area (Å²) in [4.78, 5) is 1.22. The van der Waals surface area contributed by atoms with Gasteiger partial charge in [-0.25, -0.2) is 0 Å². The Bertz CT molecular complexity index is 322. The number of rotatable bonds is 2. The van der Waals surface area contributed by atoms with Crippen LogP contribution in [0.4, 0.5) is 0 Å². The van der Waals surface area contributed by atoms with Gasteiger partial charge >= 0.3 is 0 Å². The maximum absolute atomic E-state index is 8.54. The van der Waals surface area contributed by atoms with E-state index in [4.69, 9.17) is 5.11 Å². The molecular weight excluding hydrogens is 180 g/mol. The molecule has 0 aliphatic rings. The van der Waals surface area contributed by atoms with Crippen LogP contribution in [-0.2, 0) is 0 Å². The van der Waals surface area contributed by atoms with Gasteiger partial charge in [0.15, 0.2) is 0 Å². The predicted molar refractivity (Wildman–Crippen MR) is 56.8 cm³/mol. The van der Waals surface area contributed by atoms with E-state index in [-0.39, 0.29) is 6.61 Å². The molecule has 0 saturated heterocycles. The van der Waals surface area contributed by atoms with Gasteiger partial charge in [0, 0.05) is 16.9 Å². The molecule has 1 aromatic carbocycles. The monoisotopic (exact) mass is 192 g/mol. The molecule has 0 saturated carbocycles. The highest BCUT2D eigenvalue weighted by atomic mass is 32.2. The van der Waals surface area contributed by atoms with Crippen molar-refractivity contribution in [3.05, 3.63) is 29.8 Å². The van der Waals surface area contributed by atoms with Crippen molar-refractivity contribution in [2.24, 2.45) is 0 Å². The fraction of sp³-hybridized carbons (Fsp3) is 0.273. The largest absolute Gasteiger partial charge is 0.395 e. The van der Waals surface area contributed by atoms with Crippen molar-refractivity contribution in [2.75, 3.05) is 12.9 Å². The first-order chi connectivity index (χ1) is 6.36. The Hall–Kier alpha value is -0.910. The summed E-state index contributed by atoms with van der Waals surface area (Å²) in [7, 11) is 0. The maximum atomic E-state index is 8.54. The minimum Gasteiger partial charge on any atom is -0.395 e. The molecule has 1 rings (SSSR count). The Labute approximate surface area is 83.2 Å². The SMILES string of the molecule is CSc1cccc(C#CCCO)c1. The Morgan fingerprint density at radius 2 is 2.31 bits per heavy atom.